The number of hydrogen-bond acceptors (Lipinski definition) is 6. The van der Waals surface area contributed by atoms with Crippen molar-refractivity contribution in [1.29, 1.82) is 0 Å². The second-order valence-corrected chi connectivity index (χ2v) is 5.82. The molecule has 2 rings (SSSR count). The maximum atomic E-state index is 11.8. The second-order valence-electron chi connectivity index (χ2n) is 4.98. The number of nitrogens with one attached hydrogen (secondary N) is 1. The third-order valence-corrected chi connectivity index (χ3v) is 3.94. The molecule has 20 heavy (non-hydrogen) atoms. The number of anilines is 1. The lowest BCUT2D eigenvalue weighted by Crippen LogP contribution is -2.19. The SMILES string of the molecule is CCCCC[C@H]1C[C@@H](CC(=O)Nc2nncs2)C(=O)O1. The van der Waals surface area contributed by atoms with Gasteiger partial charge in [-0.3, -0.25) is 9.59 Å². The molecule has 1 saturated heterocycles. The van der Waals surface area contributed by atoms with Gasteiger partial charge in [0.15, 0.2) is 0 Å². The van der Waals surface area contributed by atoms with Gasteiger partial charge in [-0.05, 0) is 19.3 Å². The van der Waals surface area contributed by atoms with Crippen LogP contribution >= 0.6 is 11.3 Å². The molecule has 0 saturated carbocycles. The maximum absolute atomic E-state index is 11.8. The summed E-state index contributed by atoms with van der Waals surface area (Å²) in [7, 11) is 0. The molecule has 1 aromatic heterocycles. The number of cyclic esters (lactones) is 1. The van der Waals surface area contributed by atoms with E-state index >= 15 is 0 Å². The van der Waals surface area contributed by atoms with Gasteiger partial charge in [0, 0.05) is 6.42 Å². The summed E-state index contributed by atoms with van der Waals surface area (Å²) >= 11 is 1.25. The Morgan fingerprint density at radius 3 is 3.10 bits per heavy atom. The Hall–Kier alpha value is -1.50. The van der Waals surface area contributed by atoms with Gasteiger partial charge in [0.1, 0.15) is 11.6 Å². The molecule has 0 bridgehead atoms. The number of carbonyl (C=O) groups excluding carboxylic acids is 2. The summed E-state index contributed by atoms with van der Waals surface area (Å²) in [6.07, 6.45) is 5.04. The first-order valence-corrected chi connectivity index (χ1v) is 7.83. The average molecular weight is 297 g/mol. The topological polar surface area (TPSA) is 81.2 Å². The summed E-state index contributed by atoms with van der Waals surface area (Å²) < 4.78 is 5.31. The molecule has 1 aliphatic rings. The Morgan fingerprint density at radius 2 is 2.40 bits per heavy atom. The summed E-state index contributed by atoms with van der Waals surface area (Å²) in [5.74, 6) is -0.786. The lowest BCUT2D eigenvalue weighted by molar-refractivity contribution is -0.145. The first-order valence-electron chi connectivity index (χ1n) is 6.95. The molecule has 1 fully saturated rings. The van der Waals surface area contributed by atoms with Crippen LogP contribution in [0.25, 0.3) is 0 Å². The first kappa shape index (κ1) is 14.9. The van der Waals surface area contributed by atoms with Gasteiger partial charge in [0.2, 0.25) is 11.0 Å². The van der Waals surface area contributed by atoms with Crippen LogP contribution in [0.3, 0.4) is 0 Å². The van der Waals surface area contributed by atoms with Crippen molar-refractivity contribution in [2.45, 2.75) is 51.6 Å². The molecule has 0 radical (unpaired) electrons. The number of carbonyl (C=O) groups is 2. The second kappa shape index (κ2) is 7.33. The molecule has 1 amide bonds. The fourth-order valence-corrected chi connectivity index (χ4v) is 2.77. The highest BCUT2D eigenvalue weighted by atomic mass is 32.1. The molecule has 0 aliphatic carbocycles. The maximum Gasteiger partial charge on any atom is 0.309 e. The van der Waals surface area contributed by atoms with Crippen molar-refractivity contribution in [2.75, 3.05) is 5.32 Å². The number of amides is 1. The summed E-state index contributed by atoms with van der Waals surface area (Å²) in [5.41, 5.74) is 1.54. The van der Waals surface area contributed by atoms with E-state index in [0.717, 1.165) is 25.7 Å². The van der Waals surface area contributed by atoms with E-state index in [1.165, 1.54) is 11.3 Å². The molecule has 1 N–H and O–H groups in total. The Bertz CT molecular complexity index is 450. The van der Waals surface area contributed by atoms with Crippen molar-refractivity contribution in [3.63, 3.8) is 0 Å². The molecule has 2 atom stereocenters. The molecule has 1 aromatic rings. The van der Waals surface area contributed by atoms with Crippen LogP contribution < -0.4 is 5.32 Å². The number of hydrogen-bond donors (Lipinski definition) is 1. The summed E-state index contributed by atoms with van der Waals surface area (Å²) in [6.45, 7) is 2.14. The quantitative estimate of drug-likeness (QED) is 0.617. The van der Waals surface area contributed by atoms with Crippen molar-refractivity contribution in [2.24, 2.45) is 5.92 Å². The van der Waals surface area contributed by atoms with E-state index in [1.807, 2.05) is 0 Å². The van der Waals surface area contributed by atoms with Gasteiger partial charge in [-0.1, -0.05) is 31.1 Å². The van der Waals surface area contributed by atoms with Gasteiger partial charge in [0.25, 0.3) is 0 Å². The monoisotopic (exact) mass is 297 g/mol. The first-order chi connectivity index (χ1) is 9.69. The number of rotatable bonds is 7. The molecular weight excluding hydrogens is 278 g/mol. The lowest BCUT2D eigenvalue weighted by atomic mass is 9.98. The molecule has 6 nitrogen and oxygen atoms in total. The van der Waals surface area contributed by atoms with E-state index in [-0.39, 0.29) is 30.3 Å². The molecule has 0 spiro atoms. The third-order valence-electron chi connectivity index (χ3n) is 3.33. The highest BCUT2D eigenvalue weighted by Crippen LogP contribution is 2.27. The molecule has 1 aliphatic heterocycles. The third kappa shape index (κ3) is 4.26. The van der Waals surface area contributed by atoms with E-state index in [0.29, 0.717) is 11.6 Å². The Kier molecular flexibility index (Phi) is 5.46. The summed E-state index contributed by atoms with van der Waals surface area (Å²) in [6, 6.07) is 0. The van der Waals surface area contributed by atoms with Gasteiger partial charge >= 0.3 is 5.97 Å². The van der Waals surface area contributed by atoms with Crippen LogP contribution in [0.1, 0.15) is 45.4 Å². The van der Waals surface area contributed by atoms with Crippen LogP contribution in [-0.2, 0) is 14.3 Å². The highest BCUT2D eigenvalue weighted by Gasteiger charge is 2.35. The van der Waals surface area contributed by atoms with Crippen molar-refractivity contribution < 1.29 is 14.3 Å². The molecule has 7 heteroatoms. The van der Waals surface area contributed by atoms with E-state index in [9.17, 15) is 9.59 Å². The van der Waals surface area contributed by atoms with Crippen molar-refractivity contribution in [1.82, 2.24) is 10.2 Å². The van der Waals surface area contributed by atoms with E-state index < -0.39 is 0 Å². The summed E-state index contributed by atoms with van der Waals surface area (Å²) in [4.78, 5) is 23.5. The van der Waals surface area contributed by atoms with Gasteiger partial charge < -0.3 is 10.1 Å². The van der Waals surface area contributed by atoms with E-state index in [1.54, 1.807) is 5.51 Å². The minimum atomic E-state index is -0.324. The fourth-order valence-electron chi connectivity index (χ4n) is 2.31. The zero-order valence-electron chi connectivity index (χ0n) is 11.5. The minimum Gasteiger partial charge on any atom is -0.462 e. The van der Waals surface area contributed by atoms with Crippen LogP contribution in [0.5, 0.6) is 0 Å². The number of nitrogens with zero attached hydrogens (tertiary/aromatic N) is 2. The predicted molar refractivity (Wildman–Crippen MR) is 75.3 cm³/mol. The average Bonchev–Trinajstić information content (AvgIpc) is 3.01. The minimum absolute atomic E-state index is 0.0200. The number of aromatic nitrogens is 2. The smallest absolute Gasteiger partial charge is 0.309 e. The van der Waals surface area contributed by atoms with Crippen LogP contribution in [0.15, 0.2) is 5.51 Å². The van der Waals surface area contributed by atoms with Gasteiger partial charge in [-0.15, -0.1) is 10.2 Å². The van der Waals surface area contributed by atoms with Crippen LogP contribution in [-0.4, -0.2) is 28.2 Å². The van der Waals surface area contributed by atoms with Crippen molar-refractivity contribution in [3.8, 4) is 0 Å². The van der Waals surface area contributed by atoms with Crippen LogP contribution in [0.2, 0.25) is 0 Å². The Balaban J connectivity index is 1.75. The molecule has 2 heterocycles. The van der Waals surface area contributed by atoms with Crippen LogP contribution in [0.4, 0.5) is 5.13 Å². The zero-order valence-corrected chi connectivity index (χ0v) is 12.3. The number of unbranched alkanes of at least 4 members (excludes halogenated alkanes) is 2. The standard InChI is InChI=1S/C13H19N3O3S/c1-2-3-4-5-10-6-9(12(18)19-10)7-11(17)15-13-16-14-8-20-13/h8-10H,2-7H2,1H3,(H,15,16,17)/t9-,10-/m0/s1. The fraction of sp³-hybridized carbons (Fsp3) is 0.692. The normalized spacial score (nSPS) is 21.8. The molecule has 0 unspecified atom stereocenters. The largest absolute Gasteiger partial charge is 0.462 e. The Morgan fingerprint density at radius 1 is 1.55 bits per heavy atom. The number of ether oxygens (including phenoxy) is 1. The number of esters is 1. The zero-order chi connectivity index (χ0) is 14.4. The predicted octanol–water partition coefficient (Wildman–Crippen LogP) is 2.38. The summed E-state index contributed by atoms with van der Waals surface area (Å²) in [5, 5.41) is 10.5. The Labute approximate surface area is 121 Å². The lowest BCUT2D eigenvalue weighted by Gasteiger charge is -2.07. The highest BCUT2D eigenvalue weighted by molar-refractivity contribution is 7.13. The van der Waals surface area contributed by atoms with E-state index in [4.69, 9.17) is 4.74 Å². The van der Waals surface area contributed by atoms with Crippen LogP contribution in [0, 0.1) is 5.92 Å². The van der Waals surface area contributed by atoms with Crippen molar-refractivity contribution >= 4 is 28.3 Å². The molecule has 110 valence electrons. The molecular formula is C13H19N3O3S. The molecule has 0 aromatic carbocycles. The van der Waals surface area contributed by atoms with E-state index in [2.05, 4.69) is 22.4 Å². The van der Waals surface area contributed by atoms with Crippen molar-refractivity contribution in [3.05, 3.63) is 5.51 Å². The van der Waals surface area contributed by atoms with Gasteiger partial charge in [-0.25, -0.2) is 0 Å². The van der Waals surface area contributed by atoms with Gasteiger partial charge in [-0.2, -0.15) is 0 Å². The van der Waals surface area contributed by atoms with Gasteiger partial charge in [0.05, 0.1) is 5.92 Å².